The Hall–Kier alpha value is -1.40. The molecular weight excluding hydrogens is 308 g/mol. The van der Waals surface area contributed by atoms with Crippen LogP contribution in [0.5, 0.6) is 0 Å². The summed E-state index contributed by atoms with van der Waals surface area (Å²) in [4.78, 5) is 0.217. The first-order chi connectivity index (χ1) is 9.88. The van der Waals surface area contributed by atoms with Crippen LogP contribution >= 0.6 is 11.6 Å². The van der Waals surface area contributed by atoms with Gasteiger partial charge in [0.2, 0.25) is 10.0 Å². The average Bonchev–Trinajstić information content (AvgIpc) is 2.45. The predicted octanol–water partition coefficient (Wildman–Crippen LogP) is 2.84. The fraction of sp³-hybridized carbons (Fsp3) is 0.200. The third-order valence-corrected chi connectivity index (χ3v) is 4.72. The molecule has 6 heteroatoms. The molecule has 0 aromatic heterocycles. The van der Waals surface area contributed by atoms with Gasteiger partial charge in [0.05, 0.1) is 4.90 Å². The molecule has 0 heterocycles. The van der Waals surface area contributed by atoms with Gasteiger partial charge in [-0.2, -0.15) is 0 Å². The van der Waals surface area contributed by atoms with Crippen LogP contribution in [0.15, 0.2) is 53.4 Å². The van der Waals surface area contributed by atoms with E-state index in [1.807, 2.05) is 13.0 Å². The van der Waals surface area contributed by atoms with Gasteiger partial charge in [-0.1, -0.05) is 35.9 Å². The second-order valence-corrected chi connectivity index (χ2v) is 7.02. The number of benzene rings is 2. The molecule has 0 fully saturated rings. The van der Waals surface area contributed by atoms with Crippen LogP contribution < -0.4 is 10.5 Å². The average molecular weight is 325 g/mol. The van der Waals surface area contributed by atoms with Crippen LogP contribution in [0.3, 0.4) is 0 Å². The maximum absolute atomic E-state index is 12.2. The van der Waals surface area contributed by atoms with Crippen LogP contribution in [0.4, 0.5) is 0 Å². The SMILES string of the molecule is CC(N)c1ccc(S(=O)(=O)NCc2cccc(Cl)c2)cc1. The number of rotatable bonds is 5. The first-order valence-corrected chi connectivity index (χ1v) is 8.34. The fourth-order valence-corrected chi connectivity index (χ4v) is 3.09. The summed E-state index contributed by atoms with van der Waals surface area (Å²) in [7, 11) is -3.55. The molecular formula is C15H17ClN2O2S. The summed E-state index contributed by atoms with van der Waals surface area (Å²) in [6, 6.07) is 13.5. The van der Waals surface area contributed by atoms with E-state index >= 15 is 0 Å². The standard InChI is InChI=1S/C15H17ClN2O2S/c1-11(17)13-5-7-15(8-6-13)21(19,20)18-10-12-3-2-4-14(16)9-12/h2-9,11,18H,10,17H2,1H3. The molecule has 0 radical (unpaired) electrons. The Bertz CT molecular complexity index is 713. The fourth-order valence-electron chi connectivity index (χ4n) is 1.86. The van der Waals surface area contributed by atoms with Gasteiger partial charge in [-0.05, 0) is 42.3 Å². The van der Waals surface area contributed by atoms with Gasteiger partial charge < -0.3 is 5.73 Å². The zero-order chi connectivity index (χ0) is 15.5. The summed E-state index contributed by atoms with van der Waals surface area (Å²) in [6.07, 6.45) is 0. The van der Waals surface area contributed by atoms with Crippen molar-refractivity contribution >= 4 is 21.6 Å². The van der Waals surface area contributed by atoms with E-state index in [-0.39, 0.29) is 17.5 Å². The van der Waals surface area contributed by atoms with Gasteiger partial charge >= 0.3 is 0 Å². The van der Waals surface area contributed by atoms with Crippen molar-refractivity contribution in [3.05, 3.63) is 64.7 Å². The normalized spacial score (nSPS) is 13.1. The monoisotopic (exact) mass is 324 g/mol. The van der Waals surface area contributed by atoms with Gasteiger partial charge in [0, 0.05) is 17.6 Å². The van der Waals surface area contributed by atoms with E-state index in [1.54, 1.807) is 42.5 Å². The minimum Gasteiger partial charge on any atom is -0.324 e. The molecule has 1 unspecified atom stereocenters. The third kappa shape index (κ3) is 4.28. The lowest BCUT2D eigenvalue weighted by Crippen LogP contribution is -2.23. The summed E-state index contributed by atoms with van der Waals surface area (Å²) in [5.74, 6) is 0. The Morgan fingerprint density at radius 2 is 1.86 bits per heavy atom. The lowest BCUT2D eigenvalue weighted by molar-refractivity contribution is 0.581. The Morgan fingerprint density at radius 1 is 1.19 bits per heavy atom. The Balaban J connectivity index is 2.11. The number of hydrogen-bond acceptors (Lipinski definition) is 3. The summed E-state index contributed by atoms with van der Waals surface area (Å²) in [5, 5.41) is 0.577. The molecule has 2 aromatic carbocycles. The van der Waals surface area contributed by atoms with Crippen LogP contribution in [0.1, 0.15) is 24.1 Å². The number of sulfonamides is 1. The molecule has 112 valence electrons. The highest BCUT2D eigenvalue weighted by atomic mass is 35.5. The summed E-state index contributed by atoms with van der Waals surface area (Å²) < 4.78 is 26.9. The second kappa shape index (κ2) is 6.58. The minimum absolute atomic E-state index is 0.124. The summed E-state index contributed by atoms with van der Waals surface area (Å²) in [5.41, 5.74) is 7.44. The van der Waals surface area contributed by atoms with E-state index in [1.165, 1.54) is 0 Å². The maximum atomic E-state index is 12.2. The van der Waals surface area contributed by atoms with Crippen LogP contribution in [0.2, 0.25) is 5.02 Å². The van der Waals surface area contributed by atoms with Gasteiger partial charge in [0.15, 0.2) is 0 Å². The van der Waals surface area contributed by atoms with E-state index in [0.717, 1.165) is 11.1 Å². The van der Waals surface area contributed by atoms with Gasteiger partial charge in [0.25, 0.3) is 0 Å². The molecule has 0 aliphatic carbocycles. The molecule has 0 spiro atoms. The number of halogens is 1. The summed E-state index contributed by atoms with van der Waals surface area (Å²) >= 11 is 5.87. The molecule has 0 aliphatic rings. The van der Waals surface area contributed by atoms with Crippen molar-refractivity contribution in [1.29, 1.82) is 0 Å². The quantitative estimate of drug-likeness (QED) is 0.888. The molecule has 21 heavy (non-hydrogen) atoms. The highest BCUT2D eigenvalue weighted by Crippen LogP contribution is 2.15. The van der Waals surface area contributed by atoms with Gasteiger partial charge in [-0.3, -0.25) is 0 Å². The van der Waals surface area contributed by atoms with Crippen molar-refractivity contribution in [2.75, 3.05) is 0 Å². The molecule has 0 bridgehead atoms. The van der Waals surface area contributed by atoms with E-state index in [9.17, 15) is 8.42 Å². The van der Waals surface area contributed by atoms with Crippen molar-refractivity contribution in [2.45, 2.75) is 24.4 Å². The first-order valence-electron chi connectivity index (χ1n) is 6.48. The number of nitrogens with one attached hydrogen (secondary N) is 1. The van der Waals surface area contributed by atoms with E-state index in [0.29, 0.717) is 5.02 Å². The molecule has 0 saturated heterocycles. The largest absolute Gasteiger partial charge is 0.324 e. The van der Waals surface area contributed by atoms with Crippen molar-refractivity contribution in [3.63, 3.8) is 0 Å². The maximum Gasteiger partial charge on any atom is 0.240 e. The molecule has 1 atom stereocenters. The zero-order valence-corrected chi connectivity index (χ0v) is 13.2. The van der Waals surface area contributed by atoms with Crippen LogP contribution in [-0.2, 0) is 16.6 Å². The Labute approximate surface area is 130 Å². The van der Waals surface area contributed by atoms with Crippen LogP contribution in [-0.4, -0.2) is 8.42 Å². The van der Waals surface area contributed by atoms with Gasteiger partial charge in [-0.15, -0.1) is 0 Å². The molecule has 4 nitrogen and oxygen atoms in total. The van der Waals surface area contributed by atoms with E-state index in [2.05, 4.69) is 4.72 Å². The highest BCUT2D eigenvalue weighted by Gasteiger charge is 2.14. The Morgan fingerprint density at radius 3 is 2.43 bits per heavy atom. The molecule has 2 rings (SSSR count). The summed E-state index contributed by atoms with van der Waals surface area (Å²) in [6.45, 7) is 2.04. The number of hydrogen-bond donors (Lipinski definition) is 2. The first kappa shape index (κ1) is 16.0. The lowest BCUT2D eigenvalue weighted by Gasteiger charge is -2.09. The van der Waals surface area contributed by atoms with E-state index < -0.39 is 10.0 Å². The highest BCUT2D eigenvalue weighted by molar-refractivity contribution is 7.89. The number of nitrogens with two attached hydrogens (primary N) is 1. The predicted molar refractivity (Wildman–Crippen MR) is 84.5 cm³/mol. The van der Waals surface area contributed by atoms with Gasteiger partial charge in [-0.25, -0.2) is 13.1 Å². The van der Waals surface area contributed by atoms with Crippen LogP contribution in [0, 0.1) is 0 Å². The molecule has 0 aliphatic heterocycles. The van der Waals surface area contributed by atoms with E-state index in [4.69, 9.17) is 17.3 Å². The Kier molecular flexibility index (Phi) is 5.00. The molecule has 2 aromatic rings. The van der Waals surface area contributed by atoms with Crippen molar-refractivity contribution in [1.82, 2.24) is 4.72 Å². The molecule has 3 N–H and O–H groups in total. The zero-order valence-electron chi connectivity index (χ0n) is 11.6. The third-order valence-electron chi connectivity index (χ3n) is 3.07. The van der Waals surface area contributed by atoms with Crippen LogP contribution in [0.25, 0.3) is 0 Å². The molecule has 0 saturated carbocycles. The van der Waals surface area contributed by atoms with Gasteiger partial charge in [0.1, 0.15) is 0 Å². The topological polar surface area (TPSA) is 72.2 Å². The molecule has 0 amide bonds. The second-order valence-electron chi connectivity index (χ2n) is 4.81. The van der Waals surface area contributed by atoms with Crippen molar-refractivity contribution in [3.8, 4) is 0 Å². The van der Waals surface area contributed by atoms with Crippen molar-refractivity contribution in [2.24, 2.45) is 5.73 Å². The lowest BCUT2D eigenvalue weighted by atomic mass is 10.1. The smallest absolute Gasteiger partial charge is 0.240 e. The minimum atomic E-state index is -3.55. The van der Waals surface area contributed by atoms with Crippen molar-refractivity contribution < 1.29 is 8.42 Å².